The Morgan fingerprint density at radius 3 is 3.24 bits per heavy atom. The molecular weight excluding hydrogens is 284 g/mol. The van der Waals surface area contributed by atoms with E-state index in [-0.39, 0.29) is 11.2 Å². The van der Waals surface area contributed by atoms with Crippen LogP contribution in [0.25, 0.3) is 0 Å². The van der Waals surface area contributed by atoms with E-state index >= 15 is 0 Å². The minimum Gasteiger partial charge on any atom is -0.355 e. The van der Waals surface area contributed by atoms with Gasteiger partial charge in [0, 0.05) is 18.0 Å². The monoisotopic (exact) mass is 302 g/mol. The van der Waals surface area contributed by atoms with Gasteiger partial charge in [0.25, 0.3) is 0 Å². The number of hydrogen-bond donors (Lipinski definition) is 1. The fraction of sp³-hybridized carbons (Fsp3) is 0.400. The van der Waals surface area contributed by atoms with Crippen LogP contribution < -0.4 is 5.32 Å². The van der Waals surface area contributed by atoms with Crippen LogP contribution in [0.3, 0.4) is 0 Å². The molecule has 1 atom stereocenters. The molecule has 0 saturated carbocycles. The van der Waals surface area contributed by atoms with Gasteiger partial charge < -0.3 is 5.32 Å². The summed E-state index contributed by atoms with van der Waals surface area (Å²) in [4.78, 5) is 17.3. The first kappa shape index (κ1) is 14.1. The van der Waals surface area contributed by atoms with Gasteiger partial charge in [-0.3, -0.25) is 9.48 Å². The van der Waals surface area contributed by atoms with E-state index in [9.17, 15) is 4.79 Å². The molecule has 2 heterocycles. The standard InChI is InChI=1S/C15H18N4OS/c1-11-3-4-12-8-14(21-13(12)7-11)15(20)17-5-2-6-19-10-16-9-18-19/h3-4,7,9-10,14H,2,5-6,8H2,1H3,(H,17,20)/t14-/m1/s1. The lowest BCUT2D eigenvalue weighted by molar-refractivity contribution is -0.120. The summed E-state index contributed by atoms with van der Waals surface area (Å²) in [6.45, 7) is 3.53. The van der Waals surface area contributed by atoms with Gasteiger partial charge in [0.15, 0.2) is 0 Å². The van der Waals surface area contributed by atoms with E-state index in [1.165, 1.54) is 22.3 Å². The lowest BCUT2D eigenvalue weighted by Crippen LogP contribution is -2.33. The fourth-order valence-electron chi connectivity index (χ4n) is 2.40. The van der Waals surface area contributed by atoms with E-state index in [4.69, 9.17) is 0 Å². The molecule has 0 saturated heterocycles. The van der Waals surface area contributed by atoms with Gasteiger partial charge in [0.05, 0.1) is 5.25 Å². The Kier molecular flexibility index (Phi) is 4.24. The van der Waals surface area contributed by atoms with E-state index in [1.807, 2.05) is 0 Å². The number of carbonyl (C=O) groups excluding carboxylic acids is 1. The summed E-state index contributed by atoms with van der Waals surface area (Å²) in [5.41, 5.74) is 2.53. The van der Waals surface area contributed by atoms with Crippen LogP contribution in [-0.2, 0) is 17.8 Å². The van der Waals surface area contributed by atoms with Gasteiger partial charge >= 0.3 is 0 Å². The Morgan fingerprint density at radius 2 is 2.43 bits per heavy atom. The van der Waals surface area contributed by atoms with Crippen LogP contribution in [0.5, 0.6) is 0 Å². The largest absolute Gasteiger partial charge is 0.355 e. The van der Waals surface area contributed by atoms with Gasteiger partial charge in [-0.05, 0) is 31.4 Å². The maximum absolute atomic E-state index is 12.2. The van der Waals surface area contributed by atoms with Crippen molar-refractivity contribution < 1.29 is 4.79 Å². The molecule has 0 fully saturated rings. The molecule has 1 amide bonds. The highest BCUT2D eigenvalue weighted by atomic mass is 32.2. The summed E-state index contributed by atoms with van der Waals surface area (Å²) in [6.07, 6.45) is 4.90. The van der Waals surface area contributed by atoms with Gasteiger partial charge in [-0.25, -0.2) is 4.98 Å². The maximum Gasteiger partial charge on any atom is 0.233 e. The highest BCUT2D eigenvalue weighted by Crippen LogP contribution is 2.37. The molecule has 2 aromatic rings. The second-order valence-electron chi connectivity index (χ2n) is 5.22. The van der Waals surface area contributed by atoms with Crippen molar-refractivity contribution in [2.75, 3.05) is 6.54 Å². The zero-order chi connectivity index (χ0) is 14.7. The normalized spacial score (nSPS) is 16.7. The Bertz CT molecular complexity index is 627. The van der Waals surface area contributed by atoms with E-state index < -0.39 is 0 Å². The lowest BCUT2D eigenvalue weighted by atomic mass is 10.1. The van der Waals surface area contributed by atoms with Crippen molar-refractivity contribution in [3.8, 4) is 0 Å². The van der Waals surface area contributed by atoms with Crippen LogP contribution in [0, 0.1) is 6.92 Å². The summed E-state index contributed by atoms with van der Waals surface area (Å²) in [5.74, 6) is 0.132. The number of thioether (sulfide) groups is 1. The molecule has 3 rings (SSSR count). The number of benzene rings is 1. The number of rotatable bonds is 5. The summed E-state index contributed by atoms with van der Waals surface area (Å²) in [5, 5.41) is 7.06. The van der Waals surface area contributed by atoms with Crippen LogP contribution >= 0.6 is 11.8 Å². The molecule has 1 aliphatic heterocycles. The molecule has 6 heteroatoms. The number of aromatic nitrogens is 3. The third kappa shape index (κ3) is 3.44. The molecule has 1 N–H and O–H groups in total. The quantitative estimate of drug-likeness (QED) is 0.856. The number of aryl methyl sites for hydroxylation is 2. The number of hydrogen-bond acceptors (Lipinski definition) is 4. The second kappa shape index (κ2) is 6.30. The Hall–Kier alpha value is -1.82. The first-order valence-corrected chi connectivity index (χ1v) is 7.96. The number of fused-ring (bicyclic) bond motifs is 1. The molecule has 0 spiro atoms. The summed E-state index contributed by atoms with van der Waals surface area (Å²) >= 11 is 1.67. The van der Waals surface area contributed by atoms with Crippen molar-refractivity contribution in [2.24, 2.45) is 0 Å². The van der Waals surface area contributed by atoms with Gasteiger partial charge in [0.1, 0.15) is 12.7 Å². The van der Waals surface area contributed by atoms with Crippen LogP contribution in [0.4, 0.5) is 0 Å². The molecular formula is C15H18N4OS. The van der Waals surface area contributed by atoms with Crippen molar-refractivity contribution in [2.45, 2.75) is 36.5 Å². The molecule has 0 bridgehead atoms. The first-order chi connectivity index (χ1) is 10.2. The highest BCUT2D eigenvalue weighted by Gasteiger charge is 2.27. The predicted octanol–water partition coefficient (Wildman–Crippen LogP) is 1.81. The van der Waals surface area contributed by atoms with Gasteiger partial charge in [-0.1, -0.05) is 17.7 Å². The van der Waals surface area contributed by atoms with Crippen molar-refractivity contribution >= 4 is 17.7 Å². The zero-order valence-electron chi connectivity index (χ0n) is 12.0. The highest BCUT2D eigenvalue weighted by molar-refractivity contribution is 8.01. The van der Waals surface area contributed by atoms with Crippen LogP contribution in [0.15, 0.2) is 35.7 Å². The smallest absolute Gasteiger partial charge is 0.233 e. The third-order valence-corrected chi connectivity index (χ3v) is 4.82. The minimum absolute atomic E-state index is 0.00756. The van der Waals surface area contributed by atoms with Crippen LogP contribution in [-0.4, -0.2) is 32.5 Å². The Morgan fingerprint density at radius 1 is 1.52 bits per heavy atom. The van der Waals surface area contributed by atoms with Gasteiger partial charge in [0.2, 0.25) is 5.91 Å². The van der Waals surface area contributed by atoms with Gasteiger partial charge in [-0.2, -0.15) is 5.10 Å². The zero-order valence-corrected chi connectivity index (χ0v) is 12.8. The summed E-state index contributed by atoms with van der Waals surface area (Å²) in [6, 6.07) is 6.41. The van der Waals surface area contributed by atoms with Crippen LogP contribution in [0.1, 0.15) is 17.5 Å². The maximum atomic E-state index is 12.2. The fourth-order valence-corrected chi connectivity index (χ4v) is 3.71. The number of nitrogens with zero attached hydrogens (tertiary/aromatic N) is 3. The van der Waals surface area contributed by atoms with Crippen molar-refractivity contribution in [1.29, 1.82) is 0 Å². The molecule has 5 nitrogen and oxygen atoms in total. The molecule has 1 aromatic carbocycles. The van der Waals surface area contributed by atoms with E-state index in [1.54, 1.807) is 22.8 Å². The van der Waals surface area contributed by atoms with Gasteiger partial charge in [-0.15, -0.1) is 11.8 Å². The average molecular weight is 302 g/mol. The average Bonchev–Trinajstić information content (AvgIpc) is 3.11. The molecule has 0 radical (unpaired) electrons. The summed E-state index contributed by atoms with van der Waals surface area (Å²) < 4.78 is 1.77. The number of nitrogens with one attached hydrogen (secondary N) is 1. The van der Waals surface area contributed by atoms with Crippen molar-refractivity contribution in [1.82, 2.24) is 20.1 Å². The molecule has 110 valence electrons. The minimum atomic E-state index is 0.00756. The third-order valence-electron chi connectivity index (χ3n) is 3.52. The predicted molar refractivity (Wildman–Crippen MR) is 82.2 cm³/mol. The first-order valence-electron chi connectivity index (χ1n) is 7.09. The van der Waals surface area contributed by atoms with E-state index in [2.05, 4.69) is 40.5 Å². The molecule has 1 aliphatic rings. The lowest BCUT2D eigenvalue weighted by Gasteiger charge is -2.09. The Balaban J connectivity index is 1.45. The van der Waals surface area contributed by atoms with Crippen molar-refractivity contribution in [3.63, 3.8) is 0 Å². The summed E-state index contributed by atoms with van der Waals surface area (Å²) in [7, 11) is 0. The van der Waals surface area contributed by atoms with Crippen LogP contribution in [0.2, 0.25) is 0 Å². The van der Waals surface area contributed by atoms with E-state index in [0.717, 1.165) is 19.4 Å². The number of carbonyl (C=O) groups is 1. The second-order valence-corrected chi connectivity index (χ2v) is 6.47. The topological polar surface area (TPSA) is 59.8 Å². The number of amides is 1. The Labute approximate surface area is 128 Å². The molecule has 0 unspecified atom stereocenters. The molecule has 21 heavy (non-hydrogen) atoms. The van der Waals surface area contributed by atoms with E-state index in [0.29, 0.717) is 6.54 Å². The van der Waals surface area contributed by atoms with Crippen molar-refractivity contribution in [3.05, 3.63) is 42.0 Å². The molecule has 1 aromatic heterocycles. The SMILES string of the molecule is Cc1ccc2c(c1)S[C@@H](C(=O)NCCCn1cncn1)C2. The molecule has 0 aliphatic carbocycles.